The van der Waals surface area contributed by atoms with E-state index in [1.54, 1.807) is 6.26 Å². The van der Waals surface area contributed by atoms with Crippen molar-refractivity contribution in [3.8, 4) is 0 Å². The van der Waals surface area contributed by atoms with Gasteiger partial charge in [-0.1, -0.05) is 12.1 Å². The molecule has 3 rings (SSSR count). The molecule has 16 heavy (non-hydrogen) atoms. The third-order valence-electron chi connectivity index (χ3n) is 2.36. The minimum absolute atomic E-state index is 0.820. The van der Waals surface area contributed by atoms with Gasteiger partial charge in [0.2, 0.25) is 0 Å². The van der Waals surface area contributed by atoms with Crippen molar-refractivity contribution < 1.29 is 4.42 Å². The lowest BCUT2D eigenvalue weighted by molar-refractivity contribution is 0.557. The minimum atomic E-state index is 0.820. The van der Waals surface area contributed by atoms with E-state index in [0.29, 0.717) is 0 Å². The maximum absolute atomic E-state index is 5.20. The number of fused-ring (bicyclic) bond motifs is 1. The Kier molecular flexibility index (Phi) is 2.07. The van der Waals surface area contributed by atoms with Crippen LogP contribution in [0, 0.1) is 0 Å². The Bertz CT molecular complexity index is 587. The molecule has 0 bridgehead atoms. The summed E-state index contributed by atoms with van der Waals surface area (Å²) in [6.07, 6.45) is 5.44. The zero-order valence-electron chi connectivity index (χ0n) is 8.55. The molecule has 0 unspecified atom stereocenters. The van der Waals surface area contributed by atoms with E-state index in [-0.39, 0.29) is 0 Å². The van der Waals surface area contributed by atoms with E-state index in [0.717, 1.165) is 22.6 Å². The van der Waals surface area contributed by atoms with Crippen molar-refractivity contribution in [3.63, 3.8) is 0 Å². The maximum atomic E-state index is 5.20. The SMILES string of the molecule is C(=Cc1ccco1)c1nc2ccccc2[nH]1. The third kappa shape index (κ3) is 1.63. The van der Waals surface area contributed by atoms with E-state index in [9.17, 15) is 0 Å². The average molecular weight is 210 g/mol. The van der Waals surface area contributed by atoms with Gasteiger partial charge in [-0.15, -0.1) is 0 Å². The second kappa shape index (κ2) is 3.70. The van der Waals surface area contributed by atoms with Gasteiger partial charge in [-0.3, -0.25) is 0 Å². The molecule has 0 radical (unpaired) electrons. The van der Waals surface area contributed by atoms with Gasteiger partial charge in [0.05, 0.1) is 17.3 Å². The molecule has 3 aromatic rings. The van der Waals surface area contributed by atoms with Gasteiger partial charge in [0.1, 0.15) is 11.6 Å². The number of nitrogens with zero attached hydrogens (tertiary/aromatic N) is 1. The molecule has 78 valence electrons. The second-order valence-electron chi connectivity index (χ2n) is 3.49. The minimum Gasteiger partial charge on any atom is -0.465 e. The first-order valence-electron chi connectivity index (χ1n) is 5.08. The van der Waals surface area contributed by atoms with Crippen LogP contribution in [0.3, 0.4) is 0 Å². The molecule has 0 aliphatic rings. The number of hydrogen-bond acceptors (Lipinski definition) is 2. The maximum Gasteiger partial charge on any atom is 0.131 e. The number of para-hydroxylation sites is 2. The highest BCUT2D eigenvalue weighted by Crippen LogP contribution is 2.12. The van der Waals surface area contributed by atoms with Gasteiger partial charge in [0.15, 0.2) is 0 Å². The van der Waals surface area contributed by atoms with Gasteiger partial charge in [-0.05, 0) is 36.4 Å². The summed E-state index contributed by atoms with van der Waals surface area (Å²) >= 11 is 0. The molecule has 0 saturated carbocycles. The Morgan fingerprint density at radius 2 is 2.00 bits per heavy atom. The number of nitrogens with one attached hydrogen (secondary N) is 1. The molecule has 0 aliphatic heterocycles. The molecule has 1 aromatic carbocycles. The summed E-state index contributed by atoms with van der Waals surface area (Å²) in [6, 6.07) is 11.7. The molecule has 3 nitrogen and oxygen atoms in total. The van der Waals surface area contributed by atoms with Crippen LogP contribution in [0.1, 0.15) is 11.6 Å². The van der Waals surface area contributed by atoms with Crippen LogP contribution in [0.5, 0.6) is 0 Å². The molecular weight excluding hydrogens is 200 g/mol. The van der Waals surface area contributed by atoms with Crippen molar-refractivity contribution in [1.29, 1.82) is 0 Å². The normalized spacial score (nSPS) is 11.5. The molecule has 3 heteroatoms. The van der Waals surface area contributed by atoms with Crippen molar-refractivity contribution in [2.45, 2.75) is 0 Å². The van der Waals surface area contributed by atoms with Crippen molar-refractivity contribution in [2.24, 2.45) is 0 Å². The first-order valence-corrected chi connectivity index (χ1v) is 5.08. The smallest absolute Gasteiger partial charge is 0.131 e. The summed E-state index contributed by atoms with van der Waals surface area (Å²) in [5.74, 6) is 1.65. The number of aromatic nitrogens is 2. The highest BCUT2D eigenvalue weighted by molar-refractivity contribution is 5.78. The van der Waals surface area contributed by atoms with Gasteiger partial charge >= 0.3 is 0 Å². The summed E-state index contributed by atoms with van der Waals surface area (Å²) in [5, 5.41) is 0. The monoisotopic (exact) mass is 210 g/mol. The average Bonchev–Trinajstić information content (AvgIpc) is 2.95. The highest BCUT2D eigenvalue weighted by Gasteiger charge is 1.97. The molecule has 0 fully saturated rings. The Morgan fingerprint density at radius 3 is 2.81 bits per heavy atom. The van der Waals surface area contributed by atoms with Crippen molar-refractivity contribution in [3.05, 3.63) is 54.2 Å². The molecule has 0 amide bonds. The first kappa shape index (κ1) is 8.97. The lowest BCUT2D eigenvalue weighted by Crippen LogP contribution is -1.72. The number of furan rings is 1. The van der Waals surface area contributed by atoms with Crippen molar-refractivity contribution in [1.82, 2.24) is 9.97 Å². The van der Waals surface area contributed by atoms with E-state index in [4.69, 9.17) is 4.42 Å². The summed E-state index contributed by atoms with van der Waals surface area (Å²) in [6.45, 7) is 0. The molecule has 0 spiro atoms. The van der Waals surface area contributed by atoms with Crippen molar-refractivity contribution >= 4 is 23.2 Å². The Morgan fingerprint density at radius 1 is 1.06 bits per heavy atom. The molecule has 0 saturated heterocycles. The van der Waals surface area contributed by atoms with Crippen LogP contribution in [0.25, 0.3) is 23.2 Å². The lowest BCUT2D eigenvalue weighted by Gasteiger charge is -1.83. The highest BCUT2D eigenvalue weighted by atomic mass is 16.3. The summed E-state index contributed by atoms with van der Waals surface area (Å²) in [7, 11) is 0. The van der Waals surface area contributed by atoms with E-state index in [1.165, 1.54) is 0 Å². The van der Waals surface area contributed by atoms with E-state index < -0.39 is 0 Å². The largest absolute Gasteiger partial charge is 0.465 e. The Balaban J connectivity index is 1.95. The topological polar surface area (TPSA) is 41.8 Å². The summed E-state index contributed by atoms with van der Waals surface area (Å²) in [5.41, 5.74) is 2.02. The predicted molar refractivity (Wildman–Crippen MR) is 63.7 cm³/mol. The predicted octanol–water partition coefficient (Wildman–Crippen LogP) is 3.33. The lowest BCUT2D eigenvalue weighted by atomic mass is 10.3. The second-order valence-corrected chi connectivity index (χ2v) is 3.49. The number of imidazole rings is 1. The summed E-state index contributed by atoms with van der Waals surface area (Å²) in [4.78, 5) is 7.65. The van der Waals surface area contributed by atoms with Crippen LogP contribution in [0.2, 0.25) is 0 Å². The van der Waals surface area contributed by atoms with Crippen LogP contribution in [0.4, 0.5) is 0 Å². The van der Waals surface area contributed by atoms with Gasteiger partial charge < -0.3 is 9.40 Å². The number of hydrogen-bond donors (Lipinski definition) is 1. The number of rotatable bonds is 2. The number of H-pyrrole nitrogens is 1. The Hall–Kier alpha value is -2.29. The quantitative estimate of drug-likeness (QED) is 0.704. The fourth-order valence-electron chi connectivity index (χ4n) is 1.60. The Labute approximate surface area is 92.4 Å². The molecule has 1 N–H and O–H groups in total. The molecule has 0 aliphatic carbocycles. The number of benzene rings is 1. The van der Waals surface area contributed by atoms with Gasteiger partial charge in [-0.25, -0.2) is 4.98 Å². The van der Waals surface area contributed by atoms with E-state index >= 15 is 0 Å². The van der Waals surface area contributed by atoms with Crippen LogP contribution in [0.15, 0.2) is 47.1 Å². The van der Waals surface area contributed by atoms with Crippen LogP contribution in [-0.4, -0.2) is 9.97 Å². The van der Waals surface area contributed by atoms with Gasteiger partial charge in [0.25, 0.3) is 0 Å². The first-order chi connectivity index (χ1) is 7.92. The molecule has 2 aromatic heterocycles. The van der Waals surface area contributed by atoms with E-state index in [2.05, 4.69) is 9.97 Å². The third-order valence-corrected chi connectivity index (χ3v) is 2.36. The van der Waals surface area contributed by atoms with Crippen LogP contribution < -0.4 is 0 Å². The standard InChI is InChI=1S/C13H10N2O/c1-2-6-12-11(5-1)14-13(15-12)8-7-10-4-3-9-16-10/h1-9H,(H,14,15). The van der Waals surface area contributed by atoms with Crippen LogP contribution >= 0.6 is 0 Å². The van der Waals surface area contributed by atoms with Gasteiger partial charge in [-0.2, -0.15) is 0 Å². The summed E-state index contributed by atoms with van der Waals surface area (Å²) < 4.78 is 5.20. The zero-order valence-corrected chi connectivity index (χ0v) is 8.55. The fourth-order valence-corrected chi connectivity index (χ4v) is 1.60. The van der Waals surface area contributed by atoms with Gasteiger partial charge in [0, 0.05) is 0 Å². The molecule has 2 heterocycles. The number of aromatic amines is 1. The van der Waals surface area contributed by atoms with Crippen molar-refractivity contribution in [2.75, 3.05) is 0 Å². The van der Waals surface area contributed by atoms with Crippen LogP contribution in [-0.2, 0) is 0 Å². The van der Waals surface area contributed by atoms with E-state index in [1.807, 2.05) is 48.6 Å². The zero-order chi connectivity index (χ0) is 10.8. The fraction of sp³-hybridized carbons (Fsp3) is 0. The molecule has 0 atom stereocenters. The molecular formula is C13H10N2O.